The molecule has 0 spiro atoms. The molecule has 0 aromatic heterocycles. The van der Waals surface area contributed by atoms with Crippen LogP contribution in [-0.2, 0) is 0 Å². The fourth-order valence-corrected chi connectivity index (χ4v) is 1.41. The Kier molecular flexibility index (Phi) is 3.08. The summed E-state index contributed by atoms with van der Waals surface area (Å²) in [7, 11) is 0. The Hall–Kier alpha value is -1.56. The van der Waals surface area contributed by atoms with Crippen LogP contribution in [0.1, 0.15) is 30.4 Å². The molecule has 0 aliphatic heterocycles. The van der Waals surface area contributed by atoms with Crippen molar-refractivity contribution >= 4 is 0 Å². The number of phenolic OH excluding ortho intramolecular Hbond substituents is 1. The topological polar surface area (TPSA) is 44.0 Å². The molecule has 3 heteroatoms. The molecular weight excluding hydrogens is 181 g/mol. The van der Waals surface area contributed by atoms with Crippen LogP contribution in [0, 0.1) is 24.1 Å². The predicted octanol–water partition coefficient (Wildman–Crippen LogP) is 2.86. The molecule has 1 atom stereocenters. The average Bonchev–Trinajstić information content (AvgIpc) is 2.15. The molecule has 0 aliphatic rings. The summed E-state index contributed by atoms with van der Waals surface area (Å²) in [4.78, 5) is 0. The number of rotatable bonds is 2. The Bertz CT molecular complexity index is 382. The number of hydrogen-bond acceptors (Lipinski definition) is 2. The number of halogens is 1. The second-order valence-corrected chi connectivity index (χ2v) is 3.25. The van der Waals surface area contributed by atoms with Crippen molar-refractivity contribution in [3.05, 3.63) is 29.1 Å². The van der Waals surface area contributed by atoms with E-state index in [0.29, 0.717) is 17.5 Å². The van der Waals surface area contributed by atoms with Crippen molar-refractivity contribution in [2.75, 3.05) is 0 Å². The van der Waals surface area contributed by atoms with Gasteiger partial charge in [0.2, 0.25) is 0 Å². The molecular formula is C11H12FNO. The van der Waals surface area contributed by atoms with Crippen molar-refractivity contribution in [2.24, 2.45) is 0 Å². The van der Waals surface area contributed by atoms with E-state index in [0.717, 1.165) is 0 Å². The van der Waals surface area contributed by atoms with Gasteiger partial charge in [-0.2, -0.15) is 5.26 Å². The number of benzene rings is 1. The SMILES string of the molecule is CCC(C#N)c1cc(F)cc(C)c1O. The number of phenols is 1. The van der Waals surface area contributed by atoms with E-state index >= 15 is 0 Å². The largest absolute Gasteiger partial charge is 0.507 e. The molecule has 1 N–H and O–H groups in total. The number of aromatic hydroxyl groups is 1. The first kappa shape index (κ1) is 10.5. The van der Waals surface area contributed by atoms with Crippen molar-refractivity contribution in [3.63, 3.8) is 0 Å². The van der Waals surface area contributed by atoms with Crippen LogP contribution in [0.25, 0.3) is 0 Å². The van der Waals surface area contributed by atoms with Gasteiger partial charge in [-0.3, -0.25) is 0 Å². The third-order valence-corrected chi connectivity index (χ3v) is 2.23. The zero-order chi connectivity index (χ0) is 10.7. The maximum absolute atomic E-state index is 13.0. The lowest BCUT2D eigenvalue weighted by atomic mass is 9.95. The molecule has 1 aromatic rings. The molecule has 0 fully saturated rings. The molecule has 0 aliphatic carbocycles. The first-order valence-corrected chi connectivity index (χ1v) is 4.48. The minimum atomic E-state index is -0.440. The highest BCUT2D eigenvalue weighted by Gasteiger charge is 2.15. The Morgan fingerprint density at radius 1 is 1.57 bits per heavy atom. The lowest BCUT2D eigenvalue weighted by Gasteiger charge is -2.10. The molecule has 0 heterocycles. The molecule has 1 rings (SSSR count). The van der Waals surface area contributed by atoms with Crippen molar-refractivity contribution in [1.82, 2.24) is 0 Å². The van der Waals surface area contributed by atoms with Crippen LogP contribution >= 0.6 is 0 Å². The summed E-state index contributed by atoms with van der Waals surface area (Å²) in [5.74, 6) is -0.826. The number of nitrogens with zero attached hydrogens (tertiary/aromatic N) is 1. The summed E-state index contributed by atoms with van der Waals surface area (Å²) in [6, 6.07) is 4.51. The Labute approximate surface area is 82.6 Å². The lowest BCUT2D eigenvalue weighted by Crippen LogP contribution is -1.97. The van der Waals surface area contributed by atoms with E-state index < -0.39 is 11.7 Å². The maximum Gasteiger partial charge on any atom is 0.124 e. The van der Waals surface area contributed by atoms with Crippen molar-refractivity contribution in [1.29, 1.82) is 5.26 Å². The van der Waals surface area contributed by atoms with Crippen molar-refractivity contribution in [3.8, 4) is 11.8 Å². The second kappa shape index (κ2) is 4.10. The molecule has 2 nitrogen and oxygen atoms in total. The smallest absolute Gasteiger partial charge is 0.124 e. The molecule has 0 bridgehead atoms. The number of hydrogen-bond donors (Lipinski definition) is 1. The van der Waals surface area contributed by atoms with E-state index in [1.165, 1.54) is 12.1 Å². The van der Waals surface area contributed by atoms with Crippen LogP contribution in [0.4, 0.5) is 4.39 Å². The van der Waals surface area contributed by atoms with Gasteiger partial charge >= 0.3 is 0 Å². The Morgan fingerprint density at radius 3 is 2.71 bits per heavy atom. The van der Waals surface area contributed by atoms with Crippen LogP contribution in [-0.4, -0.2) is 5.11 Å². The summed E-state index contributed by atoms with van der Waals surface area (Å²) in [5, 5.41) is 18.4. The highest BCUT2D eigenvalue weighted by atomic mass is 19.1. The number of aryl methyl sites for hydroxylation is 1. The highest BCUT2D eigenvalue weighted by molar-refractivity contribution is 5.44. The fraction of sp³-hybridized carbons (Fsp3) is 0.364. The number of nitriles is 1. The minimum Gasteiger partial charge on any atom is -0.507 e. The zero-order valence-corrected chi connectivity index (χ0v) is 8.21. The van der Waals surface area contributed by atoms with Gasteiger partial charge in [0, 0.05) is 5.56 Å². The van der Waals surface area contributed by atoms with Gasteiger partial charge in [-0.05, 0) is 31.0 Å². The van der Waals surface area contributed by atoms with Crippen LogP contribution in [0.5, 0.6) is 5.75 Å². The summed E-state index contributed by atoms with van der Waals surface area (Å²) in [6.07, 6.45) is 0.562. The van der Waals surface area contributed by atoms with E-state index in [1.54, 1.807) is 6.92 Å². The van der Waals surface area contributed by atoms with E-state index in [4.69, 9.17) is 5.26 Å². The van der Waals surface area contributed by atoms with Crippen molar-refractivity contribution in [2.45, 2.75) is 26.2 Å². The van der Waals surface area contributed by atoms with Gasteiger partial charge < -0.3 is 5.11 Å². The first-order valence-electron chi connectivity index (χ1n) is 4.48. The van der Waals surface area contributed by atoms with Gasteiger partial charge in [-0.15, -0.1) is 0 Å². The highest BCUT2D eigenvalue weighted by Crippen LogP contribution is 2.31. The van der Waals surface area contributed by atoms with Crippen LogP contribution in [0.2, 0.25) is 0 Å². The standard InChI is InChI=1S/C11H12FNO/c1-3-8(6-13)10-5-9(12)4-7(2)11(10)14/h4-5,8,14H,3H2,1-2H3. The van der Waals surface area contributed by atoms with Crippen LogP contribution in [0.3, 0.4) is 0 Å². The average molecular weight is 193 g/mol. The molecule has 14 heavy (non-hydrogen) atoms. The van der Waals surface area contributed by atoms with Gasteiger partial charge in [0.1, 0.15) is 11.6 Å². The monoisotopic (exact) mass is 193 g/mol. The zero-order valence-electron chi connectivity index (χ0n) is 8.21. The maximum atomic E-state index is 13.0. The summed E-state index contributed by atoms with van der Waals surface area (Å²) in [6.45, 7) is 3.44. The summed E-state index contributed by atoms with van der Waals surface area (Å²) < 4.78 is 13.0. The van der Waals surface area contributed by atoms with Gasteiger partial charge in [0.05, 0.1) is 12.0 Å². The molecule has 74 valence electrons. The third-order valence-electron chi connectivity index (χ3n) is 2.23. The van der Waals surface area contributed by atoms with Gasteiger partial charge in [-0.1, -0.05) is 6.92 Å². The van der Waals surface area contributed by atoms with Crippen LogP contribution in [0.15, 0.2) is 12.1 Å². The Balaban J connectivity index is 3.27. The minimum absolute atomic E-state index is 0.0276. The molecule has 0 radical (unpaired) electrons. The third kappa shape index (κ3) is 1.85. The molecule has 0 amide bonds. The quantitative estimate of drug-likeness (QED) is 0.784. The molecule has 1 aromatic carbocycles. The fourth-order valence-electron chi connectivity index (χ4n) is 1.41. The van der Waals surface area contributed by atoms with E-state index in [-0.39, 0.29) is 5.75 Å². The van der Waals surface area contributed by atoms with Gasteiger partial charge in [0.25, 0.3) is 0 Å². The Morgan fingerprint density at radius 2 is 2.21 bits per heavy atom. The van der Waals surface area contributed by atoms with Gasteiger partial charge in [-0.25, -0.2) is 4.39 Å². The lowest BCUT2D eigenvalue weighted by molar-refractivity contribution is 0.457. The van der Waals surface area contributed by atoms with Crippen molar-refractivity contribution < 1.29 is 9.50 Å². The molecule has 0 saturated carbocycles. The van der Waals surface area contributed by atoms with Gasteiger partial charge in [0.15, 0.2) is 0 Å². The van der Waals surface area contributed by atoms with E-state index in [1.807, 2.05) is 13.0 Å². The summed E-state index contributed by atoms with van der Waals surface area (Å²) >= 11 is 0. The molecule has 0 saturated heterocycles. The van der Waals surface area contributed by atoms with E-state index in [2.05, 4.69) is 0 Å². The first-order chi connectivity index (χ1) is 6.60. The normalized spacial score (nSPS) is 12.1. The molecule has 1 unspecified atom stereocenters. The van der Waals surface area contributed by atoms with Crippen LogP contribution < -0.4 is 0 Å². The second-order valence-electron chi connectivity index (χ2n) is 3.25. The predicted molar refractivity (Wildman–Crippen MR) is 51.4 cm³/mol. The summed E-state index contributed by atoms with van der Waals surface area (Å²) in [5.41, 5.74) is 0.848. The van der Waals surface area contributed by atoms with E-state index in [9.17, 15) is 9.50 Å².